The zero-order valence-electron chi connectivity index (χ0n) is 13.9. The Hall–Kier alpha value is -2.60. The summed E-state index contributed by atoms with van der Waals surface area (Å²) in [6.07, 6.45) is 0.782. The minimum Gasteiger partial charge on any atom is -0.504 e. The minimum atomic E-state index is -0.144. The zero-order valence-corrected chi connectivity index (χ0v) is 13.9. The van der Waals surface area contributed by atoms with Gasteiger partial charge in [-0.25, -0.2) is 0 Å². The largest absolute Gasteiger partial charge is 0.504 e. The number of fused-ring (bicyclic) bond motifs is 1. The number of rotatable bonds is 4. The van der Waals surface area contributed by atoms with Crippen molar-refractivity contribution in [1.82, 2.24) is 5.32 Å². The summed E-state index contributed by atoms with van der Waals surface area (Å²) >= 11 is 0. The summed E-state index contributed by atoms with van der Waals surface area (Å²) in [4.78, 5) is 0. The molecule has 0 saturated carbocycles. The van der Waals surface area contributed by atoms with Gasteiger partial charge in [0.05, 0.1) is 27.4 Å². The molecule has 0 aromatic heterocycles. The quantitative estimate of drug-likeness (QED) is 0.747. The van der Waals surface area contributed by atoms with Crippen LogP contribution in [-0.4, -0.2) is 38.1 Å². The first kappa shape index (κ1) is 16.3. The highest BCUT2D eigenvalue weighted by atomic mass is 16.5. The van der Waals surface area contributed by atoms with Crippen LogP contribution in [0.15, 0.2) is 24.3 Å². The van der Waals surface area contributed by atoms with E-state index in [1.54, 1.807) is 33.5 Å². The van der Waals surface area contributed by atoms with Gasteiger partial charge in [-0.15, -0.1) is 0 Å². The molecule has 0 radical (unpaired) electrons. The van der Waals surface area contributed by atoms with E-state index in [0.29, 0.717) is 17.2 Å². The van der Waals surface area contributed by atoms with Gasteiger partial charge in [-0.05, 0) is 47.4 Å². The van der Waals surface area contributed by atoms with E-state index in [1.165, 1.54) is 0 Å². The molecule has 3 rings (SSSR count). The maximum Gasteiger partial charge on any atom is 0.203 e. The summed E-state index contributed by atoms with van der Waals surface area (Å²) < 4.78 is 16.2. The SMILES string of the molecule is COc1cc(C2NCCc3cc(O)c(O)cc32)cc(OC)c1OC. The lowest BCUT2D eigenvalue weighted by Crippen LogP contribution is -2.30. The molecule has 128 valence electrons. The van der Waals surface area contributed by atoms with Crippen LogP contribution in [0.1, 0.15) is 22.7 Å². The van der Waals surface area contributed by atoms with Crippen LogP contribution in [0.2, 0.25) is 0 Å². The first-order valence-electron chi connectivity index (χ1n) is 7.67. The molecule has 0 amide bonds. The molecule has 0 fully saturated rings. The molecule has 6 heteroatoms. The predicted octanol–water partition coefficient (Wildman–Crippen LogP) is 2.36. The van der Waals surface area contributed by atoms with E-state index in [1.807, 2.05) is 12.1 Å². The summed E-state index contributed by atoms with van der Waals surface area (Å²) in [7, 11) is 4.72. The number of hydrogen-bond donors (Lipinski definition) is 3. The van der Waals surface area contributed by atoms with Crippen LogP contribution in [0.3, 0.4) is 0 Å². The number of benzene rings is 2. The molecule has 24 heavy (non-hydrogen) atoms. The van der Waals surface area contributed by atoms with Gasteiger partial charge in [-0.2, -0.15) is 0 Å². The maximum atomic E-state index is 9.88. The smallest absolute Gasteiger partial charge is 0.203 e. The summed E-state index contributed by atoms with van der Waals surface area (Å²) in [5.41, 5.74) is 2.85. The van der Waals surface area contributed by atoms with Crippen molar-refractivity contribution < 1.29 is 24.4 Å². The average molecular weight is 331 g/mol. The standard InChI is InChI=1S/C18H21NO5/c1-22-15-7-11(8-16(23-2)18(15)24-3)17-12-9-14(21)13(20)6-10(12)4-5-19-17/h6-9,17,19-21H,4-5H2,1-3H3. The second-order valence-corrected chi connectivity index (χ2v) is 5.64. The Labute approximate surface area is 140 Å². The Morgan fingerprint density at radius 3 is 2.12 bits per heavy atom. The van der Waals surface area contributed by atoms with E-state index in [9.17, 15) is 10.2 Å². The molecule has 1 aliphatic heterocycles. The molecule has 3 N–H and O–H groups in total. The summed E-state index contributed by atoms with van der Waals surface area (Å²) in [5, 5.41) is 23.0. The van der Waals surface area contributed by atoms with Crippen LogP contribution < -0.4 is 19.5 Å². The van der Waals surface area contributed by atoms with Crippen LogP contribution in [0.4, 0.5) is 0 Å². The van der Waals surface area contributed by atoms with Gasteiger partial charge in [0.1, 0.15) is 0 Å². The highest BCUT2D eigenvalue weighted by molar-refractivity contribution is 5.57. The number of phenols is 2. The van der Waals surface area contributed by atoms with Gasteiger partial charge in [0.15, 0.2) is 23.0 Å². The second-order valence-electron chi connectivity index (χ2n) is 5.64. The number of nitrogens with one attached hydrogen (secondary N) is 1. The molecule has 1 aliphatic rings. The molecule has 2 aromatic carbocycles. The van der Waals surface area contributed by atoms with Gasteiger partial charge in [-0.1, -0.05) is 0 Å². The van der Waals surface area contributed by atoms with E-state index in [4.69, 9.17) is 14.2 Å². The highest BCUT2D eigenvalue weighted by Crippen LogP contribution is 2.43. The highest BCUT2D eigenvalue weighted by Gasteiger charge is 2.25. The van der Waals surface area contributed by atoms with Crippen molar-refractivity contribution in [2.75, 3.05) is 27.9 Å². The lowest BCUT2D eigenvalue weighted by molar-refractivity contribution is 0.323. The molecule has 1 heterocycles. The normalized spacial score (nSPS) is 16.4. The second kappa shape index (κ2) is 6.49. The fourth-order valence-corrected chi connectivity index (χ4v) is 3.15. The van der Waals surface area contributed by atoms with Crippen LogP contribution >= 0.6 is 0 Å². The van der Waals surface area contributed by atoms with Gasteiger partial charge >= 0.3 is 0 Å². The predicted molar refractivity (Wildman–Crippen MR) is 89.4 cm³/mol. The Bertz CT molecular complexity index is 734. The number of aromatic hydroxyl groups is 2. The molecule has 1 atom stereocenters. The third-order valence-electron chi connectivity index (χ3n) is 4.31. The fraction of sp³-hybridized carbons (Fsp3) is 0.333. The molecule has 0 spiro atoms. The molecule has 6 nitrogen and oxygen atoms in total. The lowest BCUT2D eigenvalue weighted by Gasteiger charge is -2.28. The summed E-state index contributed by atoms with van der Waals surface area (Å²) in [6.45, 7) is 0.762. The Kier molecular flexibility index (Phi) is 4.40. The summed E-state index contributed by atoms with van der Waals surface area (Å²) in [5.74, 6) is 1.45. The molecular formula is C18H21NO5. The van der Waals surface area contributed by atoms with E-state index in [0.717, 1.165) is 29.7 Å². The lowest BCUT2D eigenvalue weighted by atomic mass is 9.89. The van der Waals surface area contributed by atoms with E-state index >= 15 is 0 Å². The Morgan fingerprint density at radius 1 is 0.917 bits per heavy atom. The molecule has 0 bridgehead atoms. The first-order chi connectivity index (χ1) is 11.6. The van der Waals surface area contributed by atoms with Crippen molar-refractivity contribution in [2.24, 2.45) is 0 Å². The molecule has 0 saturated heterocycles. The van der Waals surface area contributed by atoms with Gasteiger partial charge < -0.3 is 29.7 Å². The zero-order chi connectivity index (χ0) is 17.3. The van der Waals surface area contributed by atoms with Crippen molar-refractivity contribution in [3.05, 3.63) is 41.0 Å². The Morgan fingerprint density at radius 2 is 1.54 bits per heavy atom. The van der Waals surface area contributed by atoms with Gasteiger partial charge in [0, 0.05) is 6.54 Å². The summed E-state index contributed by atoms with van der Waals surface area (Å²) in [6, 6.07) is 6.85. The van der Waals surface area contributed by atoms with Crippen LogP contribution in [0, 0.1) is 0 Å². The molecule has 0 aliphatic carbocycles. The Balaban J connectivity index is 2.12. The van der Waals surface area contributed by atoms with Crippen molar-refractivity contribution in [3.63, 3.8) is 0 Å². The fourth-order valence-electron chi connectivity index (χ4n) is 3.15. The molecular weight excluding hydrogens is 310 g/mol. The third-order valence-corrected chi connectivity index (χ3v) is 4.31. The molecule has 2 aromatic rings. The maximum absolute atomic E-state index is 9.88. The topological polar surface area (TPSA) is 80.2 Å². The van der Waals surface area contributed by atoms with Crippen molar-refractivity contribution in [3.8, 4) is 28.7 Å². The van der Waals surface area contributed by atoms with Crippen LogP contribution in [0.5, 0.6) is 28.7 Å². The minimum absolute atomic E-state index is 0.0979. The van der Waals surface area contributed by atoms with E-state index < -0.39 is 0 Å². The van der Waals surface area contributed by atoms with Crippen molar-refractivity contribution in [1.29, 1.82) is 0 Å². The number of methoxy groups -OCH3 is 3. The number of phenolic OH excluding ortho intramolecular Hbond substituents is 2. The number of hydrogen-bond acceptors (Lipinski definition) is 6. The van der Waals surface area contributed by atoms with Gasteiger partial charge in [-0.3, -0.25) is 0 Å². The van der Waals surface area contributed by atoms with Gasteiger partial charge in [0.25, 0.3) is 0 Å². The van der Waals surface area contributed by atoms with E-state index in [-0.39, 0.29) is 17.5 Å². The van der Waals surface area contributed by atoms with Crippen LogP contribution in [-0.2, 0) is 6.42 Å². The molecule has 1 unspecified atom stereocenters. The number of ether oxygens (including phenoxy) is 3. The van der Waals surface area contributed by atoms with Gasteiger partial charge in [0.2, 0.25) is 5.75 Å². The van der Waals surface area contributed by atoms with Crippen LogP contribution in [0.25, 0.3) is 0 Å². The first-order valence-corrected chi connectivity index (χ1v) is 7.67. The third kappa shape index (κ3) is 2.69. The average Bonchev–Trinajstić information content (AvgIpc) is 2.60. The monoisotopic (exact) mass is 331 g/mol. The van der Waals surface area contributed by atoms with Crippen molar-refractivity contribution >= 4 is 0 Å². The van der Waals surface area contributed by atoms with E-state index in [2.05, 4.69) is 5.32 Å². The van der Waals surface area contributed by atoms with Crippen molar-refractivity contribution in [2.45, 2.75) is 12.5 Å².